The number of nitriles is 1. The van der Waals surface area contributed by atoms with Crippen molar-refractivity contribution >= 4 is 33.9 Å². The molecule has 3 aromatic carbocycles. The van der Waals surface area contributed by atoms with Crippen molar-refractivity contribution < 1.29 is 4.39 Å². The standard InChI is InChI=1S/C36H36ClFN8/c37-31-20-28(41-35(25-9-11-27(38)12-10-25)33-23-46(44-43-33)29-13-14-29)19-30-34(26(21-39)22-40-36(30)31)42-32(24-7-3-1-4-8-24)15-18-45-16-5-2-6-17-45/h1,3-4,7-12,19-20,22-23,29,32,35,41H,2,5-6,13-18H2,(H,40,42)/t32-,35+/m1/s1. The third-order valence-electron chi connectivity index (χ3n) is 9.01. The number of hydrogen-bond acceptors (Lipinski definition) is 7. The Bertz CT molecular complexity index is 1840. The minimum atomic E-state index is -0.410. The van der Waals surface area contributed by atoms with Crippen molar-refractivity contribution in [3.8, 4) is 6.07 Å². The predicted molar refractivity (Wildman–Crippen MR) is 179 cm³/mol. The molecule has 2 N–H and O–H groups in total. The number of fused-ring (bicyclic) bond motifs is 1. The minimum Gasteiger partial charge on any atom is -0.377 e. The van der Waals surface area contributed by atoms with Gasteiger partial charge >= 0.3 is 0 Å². The van der Waals surface area contributed by atoms with Crippen molar-refractivity contribution in [1.29, 1.82) is 5.26 Å². The van der Waals surface area contributed by atoms with E-state index in [0.717, 1.165) is 66.8 Å². The Morgan fingerprint density at radius 1 is 0.978 bits per heavy atom. The highest BCUT2D eigenvalue weighted by molar-refractivity contribution is 6.35. The Morgan fingerprint density at radius 3 is 2.50 bits per heavy atom. The minimum absolute atomic E-state index is 0.0272. The van der Waals surface area contributed by atoms with Crippen LogP contribution in [-0.4, -0.2) is 44.5 Å². The van der Waals surface area contributed by atoms with Crippen LogP contribution in [0.5, 0.6) is 0 Å². The monoisotopic (exact) mass is 634 g/mol. The molecule has 0 unspecified atom stereocenters. The predicted octanol–water partition coefficient (Wildman–Crippen LogP) is 8.06. The van der Waals surface area contributed by atoms with E-state index in [9.17, 15) is 9.65 Å². The Kier molecular flexibility index (Phi) is 8.82. The zero-order chi connectivity index (χ0) is 31.5. The van der Waals surface area contributed by atoms with Gasteiger partial charge in [-0.3, -0.25) is 4.98 Å². The lowest BCUT2D eigenvalue weighted by Crippen LogP contribution is -2.32. The highest BCUT2D eigenvalue weighted by Gasteiger charge is 2.27. The van der Waals surface area contributed by atoms with Crippen LogP contribution in [0.2, 0.25) is 5.02 Å². The Hall–Kier alpha value is -4.52. The molecule has 2 atom stereocenters. The largest absolute Gasteiger partial charge is 0.377 e. The van der Waals surface area contributed by atoms with Gasteiger partial charge < -0.3 is 15.5 Å². The molecule has 2 aromatic heterocycles. The average molecular weight is 635 g/mol. The molecule has 1 saturated heterocycles. The number of nitrogens with one attached hydrogen (secondary N) is 2. The Labute approximate surface area is 273 Å². The first-order valence-electron chi connectivity index (χ1n) is 16.1. The number of likely N-dealkylation sites (tertiary alicyclic amines) is 1. The van der Waals surface area contributed by atoms with Gasteiger partial charge in [-0.1, -0.05) is 65.7 Å². The van der Waals surface area contributed by atoms with Gasteiger partial charge in [-0.15, -0.1) is 5.10 Å². The first-order chi connectivity index (χ1) is 22.6. The molecule has 10 heteroatoms. The lowest BCUT2D eigenvalue weighted by Gasteiger charge is -2.29. The Morgan fingerprint density at radius 2 is 1.76 bits per heavy atom. The number of anilines is 2. The summed E-state index contributed by atoms with van der Waals surface area (Å²) >= 11 is 6.89. The van der Waals surface area contributed by atoms with E-state index in [2.05, 4.69) is 61.2 Å². The lowest BCUT2D eigenvalue weighted by molar-refractivity contribution is 0.223. The van der Waals surface area contributed by atoms with Crippen LogP contribution in [0.25, 0.3) is 10.9 Å². The fourth-order valence-corrected chi connectivity index (χ4v) is 6.62. The van der Waals surface area contributed by atoms with E-state index in [0.29, 0.717) is 27.8 Å². The van der Waals surface area contributed by atoms with Crippen molar-refractivity contribution in [2.75, 3.05) is 30.3 Å². The molecule has 234 valence electrons. The van der Waals surface area contributed by atoms with E-state index in [1.807, 2.05) is 29.1 Å². The average Bonchev–Trinajstić information content (AvgIpc) is 3.83. The Balaban J connectivity index is 1.25. The van der Waals surface area contributed by atoms with Crippen LogP contribution in [0, 0.1) is 17.1 Å². The van der Waals surface area contributed by atoms with Gasteiger partial charge in [-0.25, -0.2) is 9.07 Å². The van der Waals surface area contributed by atoms with Crippen molar-refractivity contribution in [3.05, 3.63) is 112 Å². The molecular weight excluding hydrogens is 599 g/mol. The SMILES string of the molecule is N#Cc1cnc2c(Cl)cc(N[C@@H](c3ccc(F)cc3)c3cn(C4CC4)nn3)cc2c1N[C@H](CCN1CCCCC1)c1ccccc1. The van der Waals surface area contributed by atoms with Crippen LogP contribution in [0.1, 0.15) is 79.0 Å². The van der Waals surface area contributed by atoms with Crippen LogP contribution in [-0.2, 0) is 0 Å². The summed E-state index contributed by atoms with van der Waals surface area (Å²) in [7, 11) is 0. The normalized spacial score (nSPS) is 16.5. The molecule has 0 bridgehead atoms. The molecule has 8 nitrogen and oxygen atoms in total. The summed E-state index contributed by atoms with van der Waals surface area (Å²) in [6.07, 6.45) is 10.4. The summed E-state index contributed by atoms with van der Waals surface area (Å²) in [5, 5.41) is 27.6. The number of halogens is 2. The molecule has 7 rings (SSSR count). The fraction of sp³-hybridized carbons (Fsp3) is 0.333. The summed E-state index contributed by atoms with van der Waals surface area (Å²) in [5.74, 6) is -0.308. The molecule has 46 heavy (non-hydrogen) atoms. The molecule has 1 aliphatic carbocycles. The second-order valence-corrected chi connectivity index (χ2v) is 12.7. The van der Waals surface area contributed by atoms with E-state index >= 15 is 0 Å². The van der Waals surface area contributed by atoms with Crippen LogP contribution < -0.4 is 10.6 Å². The fourth-order valence-electron chi connectivity index (χ4n) is 6.35. The molecule has 0 amide bonds. The topological polar surface area (TPSA) is 94.7 Å². The molecule has 0 spiro atoms. The molecule has 0 radical (unpaired) electrons. The number of aromatic nitrogens is 4. The molecular formula is C36H36ClFN8. The summed E-state index contributed by atoms with van der Waals surface area (Å²) in [6, 6.07) is 22.9. The molecule has 5 aromatic rings. The van der Waals surface area contributed by atoms with Crippen molar-refractivity contribution in [2.24, 2.45) is 0 Å². The first-order valence-corrected chi connectivity index (χ1v) is 16.4. The molecule has 2 aliphatic rings. The lowest BCUT2D eigenvalue weighted by atomic mass is 10.00. The smallest absolute Gasteiger partial charge is 0.123 e. The van der Waals surface area contributed by atoms with Crippen LogP contribution in [0.15, 0.2) is 79.1 Å². The summed E-state index contributed by atoms with van der Waals surface area (Å²) in [5.41, 5.74) is 5.18. The van der Waals surface area contributed by atoms with Gasteiger partial charge in [-0.05, 0) is 80.6 Å². The van der Waals surface area contributed by atoms with E-state index < -0.39 is 6.04 Å². The molecule has 1 aliphatic heterocycles. The zero-order valence-corrected chi connectivity index (χ0v) is 26.3. The second kappa shape index (κ2) is 13.5. The zero-order valence-electron chi connectivity index (χ0n) is 25.5. The van der Waals surface area contributed by atoms with E-state index in [4.69, 9.17) is 11.6 Å². The molecule has 3 heterocycles. The van der Waals surface area contributed by atoms with Crippen molar-refractivity contribution in [3.63, 3.8) is 0 Å². The maximum atomic E-state index is 13.9. The van der Waals surface area contributed by atoms with Crippen molar-refractivity contribution in [1.82, 2.24) is 24.9 Å². The van der Waals surface area contributed by atoms with E-state index in [1.54, 1.807) is 18.3 Å². The number of pyridine rings is 1. The highest BCUT2D eigenvalue weighted by atomic mass is 35.5. The first kappa shape index (κ1) is 30.2. The third kappa shape index (κ3) is 6.69. The van der Waals surface area contributed by atoms with Crippen LogP contribution >= 0.6 is 11.6 Å². The molecule has 2 fully saturated rings. The van der Waals surface area contributed by atoms with Gasteiger partial charge in [0, 0.05) is 23.8 Å². The summed E-state index contributed by atoms with van der Waals surface area (Å²) < 4.78 is 15.8. The summed E-state index contributed by atoms with van der Waals surface area (Å²) in [4.78, 5) is 7.12. The van der Waals surface area contributed by atoms with Gasteiger partial charge in [0.1, 0.15) is 17.6 Å². The number of hydrogen-bond donors (Lipinski definition) is 2. The van der Waals surface area contributed by atoms with Gasteiger partial charge in [-0.2, -0.15) is 5.26 Å². The number of piperidine rings is 1. The van der Waals surface area contributed by atoms with Gasteiger partial charge in [0.25, 0.3) is 0 Å². The van der Waals surface area contributed by atoms with Gasteiger partial charge in [0.2, 0.25) is 0 Å². The van der Waals surface area contributed by atoms with Crippen LogP contribution in [0.3, 0.4) is 0 Å². The molecule has 1 saturated carbocycles. The maximum absolute atomic E-state index is 13.9. The van der Waals surface area contributed by atoms with E-state index in [-0.39, 0.29) is 11.9 Å². The van der Waals surface area contributed by atoms with Crippen molar-refractivity contribution in [2.45, 2.75) is 56.7 Å². The maximum Gasteiger partial charge on any atom is 0.123 e. The van der Waals surface area contributed by atoms with Gasteiger partial charge in [0.05, 0.1) is 46.1 Å². The second-order valence-electron chi connectivity index (χ2n) is 12.3. The van der Waals surface area contributed by atoms with Crippen LogP contribution in [0.4, 0.5) is 15.8 Å². The van der Waals surface area contributed by atoms with E-state index in [1.165, 1.54) is 31.4 Å². The quantitative estimate of drug-likeness (QED) is 0.152. The summed E-state index contributed by atoms with van der Waals surface area (Å²) in [6.45, 7) is 3.21. The number of nitrogens with zero attached hydrogens (tertiary/aromatic N) is 6. The van der Waals surface area contributed by atoms with Gasteiger partial charge in [0.15, 0.2) is 0 Å². The highest BCUT2D eigenvalue weighted by Crippen LogP contribution is 2.38. The number of benzene rings is 3. The third-order valence-corrected chi connectivity index (χ3v) is 9.30. The number of rotatable bonds is 11.